The lowest BCUT2D eigenvalue weighted by molar-refractivity contribution is -0.128. The fourth-order valence-corrected chi connectivity index (χ4v) is 8.77. The lowest BCUT2D eigenvalue weighted by atomic mass is 9.44. The lowest BCUT2D eigenvalue weighted by Crippen LogP contribution is -2.54. The van der Waals surface area contributed by atoms with Gasteiger partial charge in [-0.3, -0.25) is 0 Å². The number of rotatable bonds is 4. The predicted octanol–water partition coefficient (Wildman–Crippen LogP) is 7.24. The molecule has 10 atom stereocenters. The Morgan fingerprint density at radius 1 is 0.893 bits per heavy atom. The molecule has 0 saturated heterocycles. The zero-order valence-corrected chi connectivity index (χ0v) is 19.3. The number of allylic oxidation sites excluding steroid dienone is 2. The lowest BCUT2D eigenvalue weighted by Gasteiger charge is -2.61. The van der Waals surface area contributed by atoms with Crippen LogP contribution in [0.4, 0.5) is 0 Å². The Morgan fingerprint density at radius 3 is 2.36 bits per heavy atom. The molecule has 0 aromatic rings. The van der Waals surface area contributed by atoms with Gasteiger partial charge in [0.25, 0.3) is 0 Å². The molecule has 10 unspecified atom stereocenters. The molecule has 4 rings (SSSR count). The maximum atomic E-state index is 10.2. The van der Waals surface area contributed by atoms with Gasteiger partial charge in [0, 0.05) is 0 Å². The summed E-state index contributed by atoms with van der Waals surface area (Å²) in [5.41, 5.74) is 1.08. The summed E-state index contributed by atoms with van der Waals surface area (Å²) in [7, 11) is 0. The van der Waals surface area contributed by atoms with Gasteiger partial charge in [0.15, 0.2) is 0 Å². The van der Waals surface area contributed by atoms with E-state index < -0.39 is 0 Å². The molecule has 4 fully saturated rings. The first-order valence-corrected chi connectivity index (χ1v) is 12.7. The van der Waals surface area contributed by atoms with E-state index >= 15 is 0 Å². The fourth-order valence-electron chi connectivity index (χ4n) is 8.77. The van der Waals surface area contributed by atoms with Crippen LogP contribution >= 0.6 is 0 Å². The van der Waals surface area contributed by atoms with E-state index in [0.29, 0.717) is 10.8 Å². The zero-order chi connectivity index (χ0) is 20.1. The first-order chi connectivity index (χ1) is 13.3. The summed E-state index contributed by atoms with van der Waals surface area (Å²) in [5, 5.41) is 10.2. The Labute approximate surface area is 174 Å². The molecule has 160 valence electrons. The van der Waals surface area contributed by atoms with Gasteiger partial charge < -0.3 is 5.11 Å². The molecular weight excluding hydrogens is 340 g/mol. The number of hydrogen-bond acceptors (Lipinski definition) is 1. The van der Waals surface area contributed by atoms with Crippen LogP contribution in [0.25, 0.3) is 0 Å². The van der Waals surface area contributed by atoms with E-state index in [4.69, 9.17) is 0 Å². The van der Waals surface area contributed by atoms with Crippen LogP contribution in [0.5, 0.6) is 0 Å². The minimum Gasteiger partial charge on any atom is -0.393 e. The molecule has 4 aliphatic carbocycles. The van der Waals surface area contributed by atoms with Crippen molar-refractivity contribution in [2.24, 2.45) is 52.3 Å². The number of aliphatic hydroxyl groups is 1. The van der Waals surface area contributed by atoms with E-state index in [2.05, 4.69) is 46.8 Å². The van der Waals surface area contributed by atoms with E-state index in [0.717, 1.165) is 54.3 Å². The second kappa shape index (κ2) is 7.75. The van der Waals surface area contributed by atoms with Crippen molar-refractivity contribution in [1.82, 2.24) is 0 Å². The highest BCUT2D eigenvalue weighted by Gasteiger charge is 2.60. The van der Waals surface area contributed by atoms with Crippen LogP contribution in [0.15, 0.2) is 12.2 Å². The fraction of sp³-hybridized carbons (Fsp3) is 0.926. The molecule has 4 aliphatic rings. The summed E-state index contributed by atoms with van der Waals surface area (Å²) in [5.74, 6) is 5.99. The Kier molecular flexibility index (Phi) is 5.80. The molecule has 28 heavy (non-hydrogen) atoms. The van der Waals surface area contributed by atoms with Crippen LogP contribution < -0.4 is 0 Å². The molecule has 0 amide bonds. The number of fused-ring (bicyclic) bond motifs is 5. The molecule has 1 N–H and O–H groups in total. The smallest absolute Gasteiger partial charge is 0.0543 e. The normalized spacial score (nSPS) is 50.6. The molecule has 0 heterocycles. The summed E-state index contributed by atoms with van der Waals surface area (Å²) in [6, 6.07) is 0. The average Bonchev–Trinajstić information content (AvgIpc) is 3.03. The van der Waals surface area contributed by atoms with Gasteiger partial charge in [-0.2, -0.15) is 0 Å². The van der Waals surface area contributed by atoms with Crippen molar-refractivity contribution in [2.45, 2.75) is 105 Å². The van der Waals surface area contributed by atoms with Crippen molar-refractivity contribution in [3.05, 3.63) is 12.2 Å². The van der Waals surface area contributed by atoms with E-state index in [1.165, 1.54) is 51.4 Å². The molecule has 1 heteroatoms. The Morgan fingerprint density at radius 2 is 1.61 bits per heavy atom. The van der Waals surface area contributed by atoms with Crippen molar-refractivity contribution in [1.29, 1.82) is 0 Å². The van der Waals surface area contributed by atoms with E-state index in [-0.39, 0.29) is 6.10 Å². The van der Waals surface area contributed by atoms with Gasteiger partial charge in [0.05, 0.1) is 6.10 Å². The van der Waals surface area contributed by atoms with Gasteiger partial charge in [-0.1, -0.05) is 53.2 Å². The van der Waals surface area contributed by atoms with Gasteiger partial charge in [0.2, 0.25) is 0 Å². The summed E-state index contributed by atoms with van der Waals surface area (Å²) in [6.07, 6.45) is 18.4. The van der Waals surface area contributed by atoms with Crippen LogP contribution in [-0.4, -0.2) is 11.2 Å². The van der Waals surface area contributed by atoms with Crippen LogP contribution in [0, 0.1) is 52.3 Å². The summed E-state index contributed by atoms with van der Waals surface area (Å²) >= 11 is 0. The third-order valence-corrected chi connectivity index (χ3v) is 10.7. The Hall–Kier alpha value is -0.300. The van der Waals surface area contributed by atoms with E-state index in [1.54, 1.807) is 0 Å². The number of hydrogen-bond donors (Lipinski definition) is 1. The number of aliphatic hydroxyl groups excluding tert-OH is 1. The third-order valence-electron chi connectivity index (χ3n) is 10.7. The van der Waals surface area contributed by atoms with Crippen LogP contribution in [0.3, 0.4) is 0 Å². The SMILES string of the molecule is CCC(C)C=CC(C)C1CCC2C3CCC4CC(O)CCC4(C)C3CCC12C. The molecule has 0 radical (unpaired) electrons. The topological polar surface area (TPSA) is 20.2 Å². The summed E-state index contributed by atoms with van der Waals surface area (Å²) in [4.78, 5) is 0. The van der Waals surface area contributed by atoms with Crippen molar-refractivity contribution < 1.29 is 5.11 Å². The minimum absolute atomic E-state index is 0.0162. The first-order valence-electron chi connectivity index (χ1n) is 12.7. The zero-order valence-electron chi connectivity index (χ0n) is 19.3. The van der Waals surface area contributed by atoms with E-state index in [1.807, 2.05) is 0 Å². The molecule has 0 aliphatic heterocycles. The van der Waals surface area contributed by atoms with Crippen LogP contribution in [0.2, 0.25) is 0 Å². The Bertz CT molecular complexity index is 581. The van der Waals surface area contributed by atoms with Gasteiger partial charge in [-0.25, -0.2) is 0 Å². The van der Waals surface area contributed by atoms with Crippen molar-refractivity contribution >= 4 is 0 Å². The van der Waals surface area contributed by atoms with Crippen LogP contribution in [-0.2, 0) is 0 Å². The van der Waals surface area contributed by atoms with Gasteiger partial charge >= 0.3 is 0 Å². The largest absolute Gasteiger partial charge is 0.393 e. The Balaban J connectivity index is 1.51. The molecular formula is C27H46O. The second-order valence-corrected chi connectivity index (χ2v) is 11.9. The van der Waals surface area contributed by atoms with Crippen LogP contribution in [0.1, 0.15) is 98.8 Å². The van der Waals surface area contributed by atoms with E-state index in [9.17, 15) is 5.11 Å². The summed E-state index contributed by atoms with van der Waals surface area (Å²) in [6.45, 7) is 12.5. The molecule has 4 saturated carbocycles. The summed E-state index contributed by atoms with van der Waals surface area (Å²) < 4.78 is 0. The van der Waals surface area contributed by atoms with Crippen molar-refractivity contribution in [3.8, 4) is 0 Å². The van der Waals surface area contributed by atoms with Gasteiger partial charge in [0.1, 0.15) is 0 Å². The van der Waals surface area contributed by atoms with Crippen molar-refractivity contribution in [3.63, 3.8) is 0 Å². The highest BCUT2D eigenvalue weighted by atomic mass is 16.3. The first kappa shape index (κ1) is 21.0. The molecule has 0 aromatic carbocycles. The highest BCUT2D eigenvalue weighted by molar-refractivity contribution is 5.11. The van der Waals surface area contributed by atoms with Gasteiger partial charge in [-0.15, -0.1) is 0 Å². The van der Waals surface area contributed by atoms with Crippen molar-refractivity contribution in [2.75, 3.05) is 0 Å². The predicted molar refractivity (Wildman–Crippen MR) is 119 cm³/mol. The van der Waals surface area contributed by atoms with Gasteiger partial charge in [-0.05, 0) is 110 Å². The third kappa shape index (κ3) is 3.32. The second-order valence-electron chi connectivity index (χ2n) is 11.9. The molecule has 0 aromatic heterocycles. The molecule has 0 spiro atoms. The minimum atomic E-state index is -0.0162. The maximum absolute atomic E-state index is 10.2. The quantitative estimate of drug-likeness (QED) is 0.505. The standard InChI is InChI=1S/C27H46O/c1-6-18(2)7-8-19(3)23-11-12-24-22-10-9-20-17-21(28)13-15-26(20,4)25(22)14-16-27(23,24)5/h7-8,18-25,28H,6,9-17H2,1-5H3. The average molecular weight is 387 g/mol. The highest BCUT2D eigenvalue weighted by Crippen LogP contribution is 2.68. The molecule has 1 nitrogen and oxygen atoms in total. The molecule has 0 bridgehead atoms. The maximum Gasteiger partial charge on any atom is 0.0543 e. The monoisotopic (exact) mass is 386 g/mol.